The molecule has 0 unspecified atom stereocenters. The molecule has 0 fully saturated rings. The second kappa shape index (κ2) is 4530. The van der Waals surface area contributed by atoms with E-state index in [4.69, 9.17) is 0 Å². The van der Waals surface area contributed by atoms with Gasteiger partial charge in [0.25, 0.3) is 0 Å². The van der Waals surface area contributed by atoms with Crippen LogP contribution in [-0.2, 0) is 0 Å². The summed E-state index contributed by atoms with van der Waals surface area (Å²) in [5.74, 6) is 0. The third kappa shape index (κ3) is 355. The van der Waals surface area contributed by atoms with Crippen molar-refractivity contribution < 1.29 is 32.6 Å². The van der Waals surface area contributed by atoms with Crippen LogP contribution in [0.4, 0.5) is 32.6 Å². The van der Waals surface area contributed by atoms with E-state index in [1.54, 1.807) is 0 Å². The van der Waals surface area contributed by atoms with Gasteiger partial charge in [0.05, 0.1) is 6.33 Å². The molecule has 0 saturated carbocycles. The van der Waals surface area contributed by atoms with Crippen molar-refractivity contribution in [2.75, 3.05) is 0 Å². The van der Waals surface area contributed by atoms with Crippen LogP contribution in [0.25, 0.3) is 0 Å². The molecule has 7 heteroatoms. The van der Waals surface area contributed by atoms with Crippen LogP contribution in [0, 0.1) is 0 Å². The minimum atomic E-state index is 0. The largest absolute Gasteiger partial charge is 0.269 e. The average molecular weight is 166 g/mol. The van der Waals surface area contributed by atoms with Gasteiger partial charge in [0, 0.05) is 0 Å². The summed E-state index contributed by atoms with van der Waals surface area (Å²) < 4.78 is 10.1. The molecule has 0 aromatic rings. The van der Waals surface area contributed by atoms with E-state index in [0.29, 0.717) is 0 Å². The summed E-state index contributed by atoms with van der Waals surface area (Å²) in [5, 5.41) is 0. The number of halogens is 7. The first-order chi connectivity index (χ1) is 1.41. The fraction of sp³-hybridized carbons (Fsp3) is 0. The van der Waals surface area contributed by atoms with Gasteiger partial charge in [0.2, 0.25) is 0 Å². The van der Waals surface area contributed by atoms with Gasteiger partial charge in [-0.2, -0.15) is 0 Å². The van der Waals surface area contributed by atoms with Gasteiger partial charge < -0.3 is 0 Å². The van der Waals surface area contributed by atoms with Crippen molar-refractivity contribution >= 4 is 0 Å². The van der Waals surface area contributed by atoms with Crippen molar-refractivity contribution in [1.29, 1.82) is 0 Å². The molecule has 0 heterocycles. The highest BCUT2D eigenvalue weighted by Gasteiger charge is 1.19. The zero-order valence-corrected chi connectivity index (χ0v) is 4.11. The lowest BCUT2D eigenvalue weighted by atomic mass is 11.2. The van der Waals surface area contributed by atoms with Crippen molar-refractivity contribution in [1.82, 2.24) is 0 Å². The Morgan fingerprint density at radius 3 is 0.778 bits per heavy atom. The highest BCUT2D eigenvalue weighted by atomic mass is 19.1. The lowest BCUT2D eigenvalue weighted by Crippen LogP contribution is -0.990. The lowest BCUT2D eigenvalue weighted by Gasteiger charge is -1.28. The zero-order valence-electron chi connectivity index (χ0n) is 4.11. The first-order valence-electron chi connectivity index (χ1n) is 0.626. The topological polar surface area (TPSA) is 0 Å². The fourth-order valence-corrected chi connectivity index (χ4v) is 0. The molecule has 0 nitrogen and oxygen atoms in total. The van der Waals surface area contributed by atoms with E-state index in [2.05, 4.69) is 6.58 Å². The van der Waals surface area contributed by atoms with Gasteiger partial charge in [-0.15, -0.1) is 0 Å². The molecule has 66 valence electrons. The van der Waals surface area contributed by atoms with E-state index in [1.807, 2.05) is 0 Å². The van der Waals surface area contributed by atoms with Gasteiger partial charge in [-0.1, -0.05) is 6.58 Å². The average Bonchev–Trinajstić information content (AvgIpc) is 0.918. The highest BCUT2D eigenvalue weighted by molar-refractivity contribution is 4.39. The van der Waals surface area contributed by atoms with E-state index in [0.717, 1.165) is 0 Å². The Morgan fingerprint density at radius 1 is 0.778 bits per heavy atom. The van der Waals surface area contributed by atoms with E-state index >= 15 is 0 Å². The Labute approximate surface area is 47.0 Å². The molecule has 0 N–H and O–H groups in total. The standard InChI is InChI=1S/C2H3F.6FH/c1-2-3;;;;;;/h2H,1H2;6*1H. The summed E-state index contributed by atoms with van der Waals surface area (Å²) in [4.78, 5) is 0. The minimum absolute atomic E-state index is 0. The molecule has 0 aliphatic carbocycles. The summed E-state index contributed by atoms with van der Waals surface area (Å²) in [6, 6.07) is 0. The maximum absolute atomic E-state index is 10.1. The molecule has 0 saturated heterocycles. The third-order valence-electron chi connectivity index (χ3n) is 0. The molecule has 0 spiro atoms. The van der Waals surface area contributed by atoms with Crippen LogP contribution in [0.15, 0.2) is 12.9 Å². The van der Waals surface area contributed by atoms with Crippen LogP contribution < -0.4 is 0 Å². The van der Waals surface area contributed by atoms with Gasteiger partial charge >= 0.3 is 0 Å². The Balaban J connectivity index is -0.00000000133. The number of rotatable bonds is 0. The molecular weight excluding hydrogens is 157 g/mol. The third-order valence-corrected chi connectivity index (χ3v) is 0. The van der Waals surface area contributed by atoms with Gasteiger partial charge in [-0.3, -0.25) is 28.2 Å². The fourth-order valence-electron chi connectivity index (χ4n) is 0. The second-order valence-corrected chi connectivity index (χ2v) is 0.154. The molecule has 0 aromatic heterocycles. The predicted octanol–water partition coefficient (Wildman–Crippen LogP) is 2.01. The maximum Gasteiger partial charge on any atom is 0.0795 e. The summed E-state index contributed by atoms with van der Waals surface area (Å²) in [6.45, 7) is 2.69. The quantitative estimate of drug-likeness (QED) is 0.483. The van der Waals surface area contributed by atoms with Crippen LogP contribution >= 0.6 is 0 Å². The Kier molecular flexibility index (Phi) is 140000. The predicted molar refractivity (Wildman–Crippen MR) is 26.3 cm³/mol. The van der Waals surface area contributed by atoms with Crippen molar-refractivity contribution in [3.63, 3.8) is 0 Å². The summed E-state index contributed by atoms with van der Waals surface area (Å²) in [7, 11) is 0. The SMILES string of the molecule is C=CF.F.F.F.F.F.F. The molecule has 0 aliphatic rings. The van der Waals surface area contributed by atoms with E-state index in [-0.39, 0.29) is 34.6 Å². The lowest BCUT2D eigenvalue weighted by molar-refractivity contribution is 0.725. The summed E-state index contributed by atoms with van der Waals surface area (Å²) in [6.07, 6.45) is 0.250. The molecule has 0 rings (SSSR count). The van der Waals surface area contributed by atoms with Crippen LogP contribution in [0.3, 0.4) is 0 Å². The molecule has 9 heavy (non-hydrogen) atoms. The van der Waals surface area contributed by atoms with E-state index < -0.39 is 0 Å². The van der Waals surface area contributed by atoms with E-state index in [1.165, 1.54) is 0 Å². The van der Waals surface area contributed by atoms with Crippen LogP contribution in [0.2, 0.25) is 0 Å². The first kappa shape index (κ1) is 278. The van der Waals surface area contributed by atoms with Crippen molar-refractivity contribution in [2.24, 2.45) is 0 Å². The van der Waals surface area contributed by atoms with Crippen molar-refractivity contribution in [2.45, 2.75) is 0 Å². The van der Waals surface area contributed by atoms with Crippen LogP contribution in [0.5, 0.6) is 0 Å². The maximum atomic E-state index is 10.1. The Bertz CT molecular complexity index is 14.4. The monoisotopic (exact) mass is 166 g/mol. The highest BCUT2D eigenvalue weighted by Crippen LogP contribution is 1.48. The first-order valence-corrected chi connectivity index (χ1v) is 0.626. The van der Waals surface area contributed by atoms with Gasteiger partial charge in [-0.05, 0) is 0 Å². The summed E-state index contributed by atoms with van der Waals surface area (Å²) >= 11 is 0. The van der Waals surface area contributed by atoms with Crippen LogP contribution in [-0.4, -0.2) is 0 Å². The smallest absolute Gasteiger partial charge is 0.0795 e. The molecule has 0 aromatic carbocycles. The second-order valence-electron chi connectivity index (χ2n) is 0.154. The number of hydrogen-bond acceptors (Lipinski definition) is 0. The molecule has 0 bridgehead atoms. The molecule has 0 amide bonds. The Morgan fingerprint density at radius 2 is 0.778 bits per heavy atom. The minimum Gasteiger partial charge on any atom is -0.269 e. The Hall–Kier alpha value is -0.750. The zero-order chi connectivity index (χ0) is 2.71. The van der Waals surface area contributed by atoms with Gasteiger partial charge in [-0.25, -0.2) is 4.39 Å². The van der Waals surface area contributed by atoms with E-state index in [9.17, 15) is 4.39 Å². The van der Waals surface area contributed by atoms with Gasteiger partial charge in [0.1, 0.15) is 0 Å². The molecule has 0 atom stereocenters. The summed E-state index contributed by atoms with van der Waals surface area (Å²) in [5.41, 5.74) is 0. The van der Waals surface area contributed by atoms with Crippen molar-refractivity contribution in [3.8, 4) is 0 Å². The molecule has 0 radical (unpaired) electrons. The molecular formula is C2H9F7. The van der Waals surface area contributed by atoms with Gasteiger partial charge in [0.15, 0.2) is 0 Å². The van der Waals surface area contributed by atoms with Crippen LogP contribution in [0.1, 0.15) is 0 Å². The van der Waals surface area contributed by atoms with Crippen molar-refractivity contribution in [3.05, 3.63) is 12.9 Å². The normalized spacial score (nSPS) is 1.44. The number of hydrogen-bond donors (Lipinski definition) is 0. The molecule has 0 aliphatic heterocycles.